The van der Waals surface area contributed by atoms with Gasteiger partial charge in [-0.2, -0.15) is 0 Å². The first kappa shape index (κ1) is 15.2. The number of hydrogen-bond donors (Lipinski definition) is 0. The zero-order valence-electron chi connectivity index (χ0n) is 10.4. The maximum atomic E-state index is 11.8. The quantitative estimate of drug-likeness (QED) is 0.255. The first-order valence-corrected chi connectivity index (χ1v) is 5.49. The smallest absolute Gasteiger partial charge is 0.356 e. The molecule has 1 aromatic rings. The molecule has 1 aromatic carbocycles. The summed E-state index contributed by atoms with van der Waals surface area (Å²) in [5, 5.41) is 21.6. The van der Waals surface area contributed by atoms with Gasteiger partial charge in [-0.25, -0.2) is 0 Å². The average molecular weight is 282 g/mol. The van der Waals surface area contributed by atoms with Crippen molar-refractivity contribution in [3.63, 3.8) is 0 Å². The number of carbonyl (C=O) groups excluding carboxylic acids is 2. The van der Waals surface area contributed by atoms with Gasteiger partial charge in [0.25, 0.3) is 0 Å². The van der Waals surface area contributed by atoms with Crippen molar-refractivity contribution >= 4 is 23.1 Å². The van der Waals surface area contributed by atoms with Gasteiger partial charge in [-0.05, 0) is 13.0 Å². The van der Waals surface area contributed by atoms with E-state index in [1.54, 1.807) is 0 Å². The van der Waals surface area contributed by atoms with Crippen LogP contribution >= 0.6 is 0 Å². The van der Waals surface area contributed by atoms with Crippen LogP contribution in [-0.4, -0.2) is 28.2 Å². The zero-order valence-corrected chi connectivity index (χ0v) is 10.4. The van der Waals surface area contributed by atoms with Crippen molar-refractivity contribution in [1.82, 2.24) is 0 Å². The van der Waals surface area contributed by atoms with Crippen molar-refractivity contribution in [3.8, 4) is 0 Å². The molecular formula is C11H10N2O7. The van der Waals surface area contributed by atoms with Gasteiger partial charge >= 0.3 is 17.3 Å². The van der Waals surface area contributed by atoms with Crippen LogP contribution in [-0.2, 0) is 9.53 Å². The van der Waals surface area contributed by atoms with Crippen molar-refractivity contribution in [2.45, 2.75) is 13.3 Å². The third-order valence-corrected chi connectivity index (χ3v) is 2.30. The minimum absolute atomic E-state index is 0.0587. The predicted molar refractivity (Wildman–Crippen MR) is 65.3 cm³/mol. The van der Waals surface area contributed by atoms with E-state index in [-0.39, 0.29) is 6.61 Å². The molecule has 9 nitrogen and oxygen atoms in total. The van der Waals surface area contributed by atoms with Crippen LogP contribution in [0.4, 0.5) is 11.4 Å². The Labute approximate surface area is 112 Å². The number of para-hydroxylation sites is 1. The molecule has 0 atom stereocenters. The molecule has 0 bridgehead atoms. The molecule has 9 heteroatoms. The number of ketones is 1. The SMILES string of the molecule is CCOC(=O)CC(=O)c1cccc([N+](=O)[O-])c1[N+](=O)[O-]. The fourth-order valence-electron chi connectivity index (χ4n) is 1.53. The fourth-order valence-corrected chi connectivity index (χ4v) is 1.53. The molecule has 0 saturated heterocycles. The molecule has 106 valence electrons. The summed E-state index contributed by atoms with van der Waals surface area (Å²) in [6.07, 6.45) is -0.712. The number of hydrogen-bond acceptors (Lipinski definition) is 7. The molecule has 0 aliphatic heterocycles. The van der Waals surface area contributed by atoms with Gasteiger partial charge < -0.3 is 4.74 Å². The molecule has 0 saturated carbocycles. The van der Waals surface area contributed by atoms with Crippen LogP contribution in [0.3, 0.4) is 0 Å². The summed E-state index contributed by atoms with van der Waals surface area (Å²) in [6, 6.07) is 3.12. The van der Waals surface area contributed by atoms with Crippen molar-refractivity contribution in [3.05, 3.63) is 44.0 Å². The number of Topliss-reactive ketones (excluding diaryl/α,β-unsaturated/α-hetero) is 1. The highest BCUT2D eigenvalue weighted by Crippen LogP contribution is 2.31. The average Bonchev–Trinajstić information content (AvgIpc) is 2.37. The number of carbonyl (C=O) groups is 2. The lowest BCUT2D eigenvalue weighted by molar-refractivity contribution is -0.422. The highest BCUT2D eigenvalue weighted by Gasteiger charge is 2.31. The van der Waals surface area contributed by atoms with Crippen molar-refractivity contribution in [1.29, 1.82) is 0 Å². The molecule has 0 unspecified atom stereocenters. The van der Waals surface area contributed by atoms with E-state index in [9.17, 15) is 29.8 Å². The van der Waals surface area contributed by atoms with Crippen LogP contribution < -0.4 is 0 Å². The minimum atomic E-state index is -1.02. The summed E-state index contributed by atoms with van der Waals surface area (Å²) in [4.78, 5) is 42.6. The largest absolute Gasteiger partial charge is 0.466 e. The van der Waals surface area contributed by atoms with Gasteiger partial charge in [0.15, 0.2) is 5.78 Å². The van der Waals surface area contributed by atoms with E-state index in [1.165, 1.54) is 6.92 Å². The molecule has 0 aliphatic carbocycles. The maximum Gasteiger partial charge on any atom is 0.356 e. The normalized spacial score (nSPS) is 9.85. The summed E-state index contributed by atoms with van der Waals surface area (Å²) in [6.45, 7) is 1.60. The first-order valence-electron chi connectivity index (χ1n) is 5.49. The van der Waals surface area contributed by atoms with E-state index in [1.807, 2.05) is 0 Å². The molecule has 0 spiro atoms. The van der Waals surface area contributed by atoms with E-state index < -0.39 is 45.0 Å². The third kappa shape index (κ3) is 3.34. The predicted octanol–water partition coefficient (Wildman–Crippen LogP) is 1.64. The number of nitro benzene ring substituents is 2. The monoisotopic (exact) mass is 282 g/mol. The standard InChI is InChI=1S/C11H10N2O7/c1-2-20-10(15)6-9(14)7-4-3-5-8(12(16)17)11(7)13(18)19/h3-5H,2,6H2,1H3. The van der Waals surface area contributed by atoms with Crippen LogP contribution in [0.1, 0.15) is 23.7 Å². The van der Waals surface area contributed by atoms with E-state index in [2.05, 4.69) is 4.74 Å². The lowest BCUT2D eigenvalue weighted by Crippen LogP contribution is -2.13. The topological polar surface area (TPSA) is 130 Å². The van der Waals surface area contributed by atoms with Gasteiger partial charge in [-0.1, -0.05) is 6.07 Å². The Hall–Kier alpha value is -2.84. The summed E-state index contributed by atoms with van der Waals surface area (Å²) in [5.41, 5.74) is -2.21. The summed E-state index contributed by atoms with van der Waals surface area (Å²) < 4.78 is 4.55. The summed E-state index contributed by atoms with van der Waals surface area (Å²) >= 11 is 0. The van der Waals surface area contributed by atoms with Gasteiger partial charge in [0.2, 0.25) is 0 Å². The Morgan fingerprint density at radius 2 is 1.85 bits per heavy atom. The van der Waals surface area contributed by atoms with E-state index in [0.29, 0.717) is 0 Å². The number of rotatable bonds is 6. The van der Waals surface area contributed by atoms with Crippen LogP contribution in [0, 0.1) is 20.2 Å². The number of nitrogens with zero attached hydrogens (tertiary/aromatic N) is 2. The molecule has 20 heavy (non-hydrogen) atoms. The Morgan fingerprint density at radius 1 is 1.20 bits per heavy atom. The van der Waals surface area contributed by atoms with Gasteiger partial charge in [0.05, 0.1) is 16.5 Å². The molecular weight excluding hydrogens is 272 g/mol. The molecule has 1 rings (SSSR count). The van der Waals surface area contributed by atoms with Gasteiger partial charge in [-0.3, -0.25) is 29.8 Å². The molecule has 0 N–H and O–H groups in total. The third-order valence-electron chi connectivity index (χ3n) is 2.30. The Balaban J connectivity index is 3.21. The fraction of sp³-hybridized carbons (Fsp3) is 0.273. The Morgan fingerprint density at radius 3 is 2.35 bits per heavy atom. The molecule has 0 aromatic heterocycles. The lowest BCUT2D eigenvalue weighted by atomic mass is 10.0. The van der Waals surface area contributed by atoms with Crippen LogP contribution in [0.25, 0.3) is 0 Å². The summed E-state index contributed by atoms with van der Waals surface area (Å²) in [7, 11) is 0. The molecule has 0 radical (unpaired) electrons. The zero-order chi connectivity index (χ0) is 15.3. The van der Waals surface area contributed by atoms with Gasteiger partial charge in [0, 0.05) is 6.07 Å². The van der Waals surface area contributed by atoms with Crippen molar-refractivity contribution < 1.29 is 24.2 Å². The van der Waals surface area contributed by atoms with Gasteiger partial charge in [-0.15, -0.1) is 0 Å². The maximum absolute atomic E-state index is 11.8. The second kappa shape index (κ2) is 6.36. The second-order valence-electron chi connectivity index (χ2n) is 3.59. The van der Waals surface area contributed by atoms with Crippen LogP contribution in [0.5, 0.6) is 0 Å². The molecule has 0 heterocycles. The van der Waals surface area contributed by atoms with E-state index >= 15 is 0 Å². The van der Waals surface area contributed by atoms with Gasteiger partial charge in [0.1, 0.15) is 12.0 Å². The van der Waals surface area contributed by atoms with E-state index in [4.69, 9.17) is 0 Å². The Kier molecular flexibility index (Phi) is 4.84. The van der Waals surface area contributed by atoms with Crippen molar-refractivity contribution in [2.24, 2.45) is 0 Å². The number of esters is 1. The first-order chi connectivity index (χ1) is 9.38. The van der Waals surface area contributed by atoms with E-state index in [0.717, 1.165) is 18.2 Å². The molecule has 0 fully saturated rings. The molecule has 0 amide bonds. The highest BCUT2D eigenvalue weighted by molar-refractivity contribution is 6.09. The van der Waals surface area contributed by atoms with Crippen LogP contribution in [0.2, 0.25) is 0 Å². The summed E-state index contributed by atoms with van der Waals surface area (Å²) in [5.74, 6) is -1.75. The lowest BCUT2D eigenvalue weighted by Gasteiger charge is -2.03. The minimum Gasteiger partial charge on any atom is -0.466 e. The van der Waals surface area contributed by atoms with Crippen molar-refractivity contribution in [2.75, 3.05) is 6.61 Å². The van der Waals surface area contributed by atoms with Crippen LogP contribution in [0.15, 0.2) is 18.2 Å². The second-order valence-corrected chi connectivity index (χ2v) is 3.59. The Bertz CT molecular complexity index is 582. The number of benzene rings is 1. The number of nitro groups is 2. The number of ether oxygens (including phenoxy) is 1. The molecule has 0 aliphatic rings. The highest BCUT2D eigenvalue weighted by atomic mass is 16.6.